The summed E-state index contributed by atoms with van der Waals surface area (Å²) in [4.78, 5) is 30.8. The van der Waals surface area contributed by atoms with Crippen LogP contribution in [0.15, 0.2) is 30.3 Å². The van der Waals surface area contributed by atoms with Crippen LogP contribution in [0.2, 0.25) is 0 Å². The highest BCUT2D eigenvalue weighted by molar-refractivity contribution is 5.91. The van der Waals surface area contributed by atoms with Crippen LogP contribution in [0.25, 0.3) is 0 Å². The van der Waals surface area contributed by atoms with Gasteiger partial charge in [-0.25, -0.2) is 0 Å². The van der Waals surface area contributed by atoms with E-state index in [4.69, 9.17) is 0 Å². The Morgan fingerprint density at radius 2 is 1.70 bits per heavy atom. The zero-order valence-corrected chi connectivity index (χ0v) is 16.6. The Kier molecular flexibility index (Phi) is 5.00. The number of carbonyl (C=O) groups is 2. The Morgan fingerprint density at radius 3 is 2.41 bits per heavy atom. The van der Waals surface area contributed by atoms with E-state index >= 15 is 0 Å². The van der Waals surface area contributed by atoms with E-state index in [1.807, 2.05) is 28.0 Å². The summed E-state index contributed by atoms with van der Waals surface area (Å²) in [6, 6.07) is 10.4. The Morgan fingerprint density at radius 1 is 1.00 bits per heavy atom. The highest BCUT2D eigenvalue weighted by Crippen LogP contribution is 2.45. The number of likely N-dealkylation sites (tertiary alicyclic amines) is 2. The van der Waals surface area contributed by atoms with Gasteiger partial charge in [0.2, 0.25) is 11.8 Å². The molecule has 1 aliphatic carbocycles. The number of carbonyl (C=O) groups excluding carboxylic acids is 2. The second kappa shape index (κ2) is 7.29. The lowest BCUT2D eigenvalue weighted by Crippen LogP contribution is -2.48. The van der Waals surface area contributed by atoms with Gasteiger partial charge in [-0.2, -0.15) is 0 Å². The summed E-state index contributed by atoms with van der Waals surface area (Å²) >= 11 is 0. The third-order valence-corrected chi connectivity index (χ3v) is 7.18. The molecule has 4 heteroatoms. The van der Waals surface area contributed by atoms with Crippen molar-refractivity contribution < 1.29 is 9.59 Å². The van der Waals surface area contributed by atoms with Gasteiger partial charge in [0, 0.05) is 26.2 Å². The van der Waals surface area contributed by atoms with E-state index in [0.29, 0.717) is 6.54 Å². The van der Waals surface area contributed by atoms with Crippen molar-refractivity contribution in [2.75, 3.05) is 26.2 Å². The molecule has 1 spiro atoms. The molecule has 2 heterocycles. The fraction of sp³-hybridized carbons (Fsp3) is 0.652. The van der Waals surface area contributed by atoms with Crippen LogP contribution < -0.4 is 0 Å². The van der Waals surface area contributed by atoms with E-state index in [1.54, 1.807) is 0 Å². The molecule has 1 aromatic rings. The van der Waals surface area contributed by atoms with Crippen molar-refractivity contribution in [1.29, 1.82) is 0 Å². The Labute approximate surface area is 162 Å². The van der Waals surface area contributed by atoms with E-state index in [9.17, 15) is 9.59 Å². The number of rotatable bonds is 4. The molecular formula is C23H32N2O2. The fourth-order valence-corrected chi connectivity index (χ4v) is 5.64. The maximum absolute atomic E-state index is 13.8. The maximum atomic E-state index is 13.8. The summed E-state index contributed by atoms with van der Waals surface area (Å²) in [7, 11) is 0. The highest BCUT2D eigenvalue weighted by Gasteiger charge is 2.54. The van der Waals surface area contributed by atoms with E-state index in [0.717, 1.165) is 64.6 Å². The number of amides is 2. The van der Waals surface area contributed by atoms with Crippen molar-refractivity contribution in [2.24, 2.45) is 5.41 Å². The van der Waals surface area contributed by atoms with Crippen LogP contribution >= 0.6 is 0 Å². The average molecular weight is 369 g/mol. The van der Waals surface area contributed by atoms with Crippen LogP contribution in [0.3, 0.4) is 0 Å². The molecule has 0 aromatic heterocycles. The van der Waals surface area contributed by atoms with Gasteiger partial charge in [-0.3, -0.25) is 9.59 Å². The fourth-order valence-electron chi connectivity index (χ4n) is 5.64. The lowest BCUT2D eigenvalue weighted by atomic mass is 9.68. The molecule has 4 rings (SSSR count). The monoisotopic (exact) mass is 368 g/mol. The molecule has 2 saturated heterocycles. The predicted molar refractivity (Wildman–Crippen MR) is 106 cm³/mol. The van der Waals surface area contributed by atoms with Gasteiger partial charge in [0.15, 0.2) is 0 Å². The molecule has 2 aliphatic heterocycles. The quantitative estimate of drug-likeness (QED) is 0.812. The molecular weight excluding hydrogens is 336 g/mol. The molecule has 3 fully saturated rings. The second-order valence-electron chi connectivity index (χ2n) is 8.81. The summed E-state index contributed by atoms with van der Waals surface area (Å²) in [5, 5.41) is 0. The molecule has 4 nitrogen and oxygen atoms in total. The Bertz CT molecular complexity index is 696. The number of hydrogen-bond acceptors (Lipinski definition) is 2. The average Bonchev–Trinajstić information content (AvgIpc) is 3.29. The highest BCUT2D eigenvalue weighted by atomic mass is 16.2. The largest absolute Gasteiger partial charge is 0.342 e. The van der Waals surface area contributed by atoms with Gasteiger partial charge in [0.1, 0.15) is 0 Å². The summed E-state index contributed by atoms with van der Waals surface area (Å²) in [6.45, 7) is 5.19. The van der Waals surface area contributed by atoms with Crippen LogP contribution in [0.4, 0.5) is 0 Å². The molecule has 1 aromatic carbocycles. The number of benzene rings is 1. The van der Waals surface area contributed by atoms with Gasteiger partial charge in [-0.15, -0.1) is 0 Å². The lowest BCUT2D eigenvalue weighted by Gasteiger charge is -2.39. The van der Waals surface area contributed by atoms with Gasteiger partial charge in [0.05, 0.1) is 10.8 Å². The van der Waals surface area contributed by atoms with Crippen molar-refractivity contribution in [1.82, 2.24) is 9.80 Å². The molecule has 2 amide bonds. The molecule has 0 radical (unpaired) electrons. The third-order valence-electron chi connectivity index (χ3n) is 7.18. The van der Waals surface area contributed by atoms with Crippen molar-refractivity contribution in [3.05, 3.63) is 35.9 Å². The van der Waals surface area contributed by atoms with Crippen molar-refractivity contribution in [3.8, 4) is 0 Å². The second-order valence-corrected chi connectivity index (χ2v) is 8.81. The standard InChI is InChI=1S/C23H32N2O2/c1-2-15-24-16-13-22(20(24)26)14-17-25(18-22)21(27)23(11-7-4-8-12-23)19-9-5-3-6-10-19/h3,5-6,9-10H,2,4,7-8,11-18H2,1H3. The molecule has 0 bridgehead atoms. The molecule has 0 N–H and O–H groups in total. The van der Waals surface area contributed by atoms with E-state index in [2.05, 4.69) is 19.1 Å². The lowest BCUT2D eigenvalue weighted by molar-refractivity contribution is -0.139. The molecule has 1 unspecified atom stereocenters. The minimum Gasteiger partial charge on any atom is -0.342 e. The zero-order valence-electron chi connectivity index (χ0n) is 16.6. The molecule has 1 atom stereocenters. The summed E-state index contributed by atoms with van der Waals surface area (Å²) < 4.78 is 0. The van der Waals surface area contributed by atoms with Crippen LogP contribution in [-0.2, 0) is 15.0 Å². The van der Waals surface area contributed by atoms with E-state index in [1.165, 1.54) is 12.0 Å². The Hall–Kier alpha value is -1.84. The normalized spacial score (nSPS) is 27.5. The number of nitrogens with zero attached hydrogens (tertiary/aromatic N) is 2. The van der Waals surface area contributed by atoms with Gasteiger partial charge < -0.3 is 9.80 Å². The van der Waals surface area contributed by atoms with E-state index in [-0.39, 0.29) is 22.6 Å². The van der Waals surface area contributed by atoms with Crippen LogP contribution in [0.1, 0.15) is 63.9 Å². The SMILES string of the molecule is CCCN1CCC2(CCN(C(=O)C3(c4ccccc4)CCCCC3)C2)C1=O. The predicted octanol–water partition coefficient (Wildman–Crippen LogP) is 3.75. The molecule has 1 saturated carbocycles. The van der Waals surface area contributed by atoms with Crippen molar-refractivity contribution in [3.63, 3.8) is 0 Å². The van der Waals surface area contributed by atoms with Gasteiger partial charge >= 0.3 is 0 Å². The van der Waals surface area contributed by atoms with Gasteiger partial charge in [-0.1, -0.05) is 56.5 Å². The first-order chi connectivity index (χ1) is 13.1. The van der Waals surface area contributed by atoms with Crippen LogP contribution in [-0.4, -0.2) is 47.8 Å². The molecule has 3 aliphatic rings. The Balaban J connectivity index is 1.56. The first-order valence-electron chi connectivity index (χ1n) is 10.8. The zero-order chi connectivity index (χ0) is 18.9. The first kappa shape index (κ1) is 18.5. The van der Waals surface area contributed by atoms with Crippen LogP contribution in [0.5, 0.6) is 0 Å². The summed E-state index contributed by atoms with van der Waals surface area (Å²) in [5.41, 5.74) is 0.480. The summed E-state index contributed by atoms with van der Waals surface area (Å²) in [6.07, 6.45) is 8.07. The van der Waals surface area contributed by atoms with Crippen molar-refractivity contribution >= 4 is 11.8 Å². The minimum atomic E-state index is -0.379. The first-order valence-corrected chi connectivity index (χ1v) is 10.8. The number of hydrogen-bond donors (Lipinski definition) is 0. The molecule has 27 heavy (non-hydrogen) atoms. The van der Waals surface area contributed by atoms with Gasteiger partial charge in [-0.05, 0) is 37.7 Å². The topological polar surface area (TPSA) is 40.6 Å². The van der Waals surface area contributed by atoms with Crippen molar-refractivity contribution in [2.45, 2.75) is 63.7 Å². The minimum absolute atomic E-state index is 0.270. The van der Waals surface area contributed by atoms with Gasteiger partial charge in [0.25, 0.3) is 0 Å². The third kappa shape index (κ3) is 3.07. The smallest absolute Gasteiger partial charge is 0.233 e. The molecule has 146 valence electrons. The van der Waals surface area contributed by atoms with Crippen LogP contribution in [0, 0.1) is 5.41 Å². The summed E-state index contributed by atoms with van der Waals surface area (Å²) in [5.74, 6) is 0.559. The van der Waals surface area contributed by atoms with E-state index < -0.39 is 0 Å². The maximum Gasteiger partial charge on any atom is 0.233 e.